The number of ether oxygens (including phenoxy) is 1. The Morgan fingerprint density at radius 3 is 2.70 bits per heavy atom. The molecule has 0 radical (unpaired) electrons. The third-order valence-corrected chi connectivity index (χ3v) is 4.54. The maximum absolute atomic E-state index is 12.2. The van der Waals surface area contributed by atoms with E-state index in [9.17, 15) is 4.79 Å². The van der Waals surface area contributed by atoms with Crippen molar-refractivity contribution in [1.82, 2.24) is 5.32 Å². The number of carbonyl (C=O) groups excluding carboxylic acids is 1. The molecule has 1 amide bonds. The highest BCUT2D eigenvalue weighted by Crippen LogP contribution is 2.44. The lowest BCUT2D eigenvalue weighted by Crippen LogP contribution is -2.38. The van der Waals surface area contributed by atoms with E-state index in [1.165, 1.54) is 19.3 Å². The van der Waals surface area contributed by atoms with E-state index in [4.69, 9.17) is 4.74 Å². The number of rotatable bonds is 5. The number of benzene rings is 1. The van der Waals surface area contributed by atoms with E-state index < -0.39 is 0 Å². The predicted octanol–water partition coefficient (Wildman–Crippen LogP) is 3.17. The number of carbonyl (C=O) groups is 1. The average molecular weight is 271 g/mol. The standard InChI is InChI=1S/C17H21NO2/c1-2-9-20-15-7-5-13(6-8-15)17(19)18-16-11-12-3-4-14(16)10-12/h2,5-8,12,14,16H,1,3-4,9-11H2,(H,18,19)/t12-,14-,16-/m1/s1. The van der Waals surface area contributed by atoms with Gasteiger partial charge >= 0.3 is 0 Å². The second-order valence-electron chi connectivity index (χ2n) is 5.88. The Labute approximate surface area is 120 Å². The van der Waals surface area contributed by atoms with Crippen LogP contribution in [0.4, 0.5) is 0 Å². The van der Waals surface area contributed by atoms with Crippen molar-refractivity contribution in [3.8, 4) is 5.75 Å². The zero-order chi connectivity index (χ0) is 13.9. The minimum Gasteiger partial charge on any atom is -0.490 e. The van der Waals surface area contributed by atoms with E-state index in [0.29, 0.717) is 24.1 Å². The Morgan fingerprint density at radius 1 is 1.30 bits per heavy atom. The Kier molecular flexibility index (Phi) is 3.77. The van der Waals surface area contributed by atoms with Gasteiger partial charge in [-0.1, -0.05) is 19.1 Å². The molecule has 2 aliphatic carbocycles. The normalized spacial score (nSPS) is 27.3. The van der Waals surface area contributed by atoms with Crippen LogP contribution in [0.1, 0.15) is 36.0 Å². The molecule has 3 rings (SSSR count). The second-order valence-corrected chi connectivity index (χ2v) is 5.88. The maximum atomic E-state index is 12.2. The van der Waals surface area contributed by atoms with Crippen molar-refractivity contribution >= 4 is 5.91 Å². The third kappa shape index (κ3) is 2.72. The zero-order valence-electron chi connectivity index (χ0n) is 11.7. The summed E-state index contributed by atoms with van der Waals surface area (Å²) < 4.78 is 5.41. The molecule has 1 aromatic rings. The van der Waals surface area contributed by atoms with Gasteiger partial charge in [-0.25, -0.2) is 0 Å². The molecule has 0 saturated heterocycles. The first-order chi connectivity index (χ1) is 9.76. The molecule has 1 N–H and O–H groups in total. The fourth-order valence-corrected chi connectivity index (χ4v) is 3.53. The number of fused-ring (bicyclic) bond motifs is 2. The van der Waals surface area contributed by atoms with Crippen molar-refractivity contribution in [2.45, 2.75) is 31.7 Å². The smallest absolute Gasteiger partial charge is 0.251 e. The fraction of sp³-hybridized carbons (Fsp3) is 0.471. The summed E-state index contributed by atoms with van der Waals surface area (Å²) in [5, 5.41) is 3.19. The molecule has 0 spiro atoms. The second kappa shape index (κ2) is 5.70. The van der Waals surface area contributed by atoms with E-state index in [2.05, 4.69) is 11.9 Å². The first-order valence-corrected chi connectivity index (χ1v) is 7.41. The van der Waals surface area contributed by atoms with Gasteiger partial charge in [0.25, 0.3) is 5.91 Å². The molecular formula is C17H21NO2. The van der Waals surface area contributed by atoms with Gasteiger partial charge in [-0.15, -0.1) is 0 Å². The van der Waals surface area contributed by atoms with E-state index in [-0.39, 0.29) is 5.91 Å². The molecule has 1 aromatic carbocycles. The molecule has 106 valence electrons. The maximum Gasteiger partial charge on any atom is 0.251 e. The average Bonchev–Trinajstić information content (AvgIpc) is 3.08. The summed E-state index contributed by atoms with van der Waals surface area (Å²) in [5.41, 5.74) is 0.707. The summed E-state index contributed by atoms with van der Waals surface area (Å²) in [7, 11) is 0. The summed E-state index contributed by atoms with van der Waals surface area (Å²) >= 11 is 0. The van der Waals surface area contributed by atoms with Gasteiger partial charge in [0.1, 0.15) is 12.4 Å². The first-order valence-electron chi connectivity index (χ1n) is 7.41. The van der Waals surface area contributed by atoms with Crippen molar-refractivity contribution in [3.63, 3.8) is 0 Å². The molecule has 2 saturated carbocycles. The molecule has 3 nitrogen and oxygen atoms in total. The molecule has 2 fully saturated rings. The van der Waals surface area contributed by atoms with Gasteiger partial charge in [0.15, 0.2) is 0 Å². The topological polar surface area (TPSA) is 38.3 Å². The largest absolute Gasteiger partial charge is 0.490 e. The lowest BCUT2D eigenvalue weighted by Gasteiger charge is -2.22. The molecule has 0 aliphatic heterocycles. The quantitative estimate of drug-likeness (QED) is 0.835. The van der Waals surface area contributed by atoms with Crippen LogP contribution in [0, 0.1) is 11.8 Å². The van der Waals surface area contributed by atoms with Gasteiger partial charge in [-0.3, -0.25) is 4.79 Å². The van der Waals surface area contributed by atoms with Crippen molar-refractivity contribution in [3.05, 3.63) is 42.5 Å². The monoisotopic (exact) mass is 271 g/mol. The van der Waals surface area contributed by atoms with Crippen LogP contribution >= 0.6 is 0 Å². The molecule has 2 bridgehead atoms. The molecule has 3 atom stereocenters. The summed E-state index contributed by atoms with van der Waals surface area (Å²) in [6.45, 7) is 4.09. The summed E-state index contributed by atoms with van der Waals surface area (Å²) in [6.07, 6.45) is 6.81. The molecular weight excluding hydrogens is 250 g/mol. The molecule has 0 unspecified atom stereocenters. The number of nitrogens with one attached hydrogen (secondary N) is 1. The molecule has 20 heavy (non-hydrogen) atoms. The van der Waals surface area contributed by atoms with Crippen LogP contribution < -0.4 is 10.1 Å². The Balaban J connectivity index is 1.58. The SMILES string of the molecule is C=CCOc1ccc(C(=O)N[C@@H]2C[C@@H]3CC[C@@H]2C3)cc1. The van der Waals surface area contributed by atoms with Crippen molar-refractivity contribution in [2.75, 3.05) is 6.61 Å². The Hall–Kier alpha value is -1.77. The Bertz CT molecular complexity index is 494. The van der Waals surface area contributed by atoms with Crippen molar-refractivity contribution in [2.24, 2.45) is 11.8 Å². The first kappa shape index (κ1) is 13.2. The highest BCUT2D eigenvalue weighted by atomic mass is 16.5. The zero-order valence-corrected chi connectivity index (χ0v) is 11.7. The van der Waals surface area contributed by atoms with Gasteiger partial charge in [0.2, 0.25) is 0 Å². The van der Waals surface area contributed by atoms with Gasteiger partial charge in [-0.05, 0) is 55.4 Å². The number of amides is 1. The lowest BCUT2D eigenvalue weighted by molar-refractivity contribution is 0.0923. The summed E-state index contributed by atoms with van der Waals surface area (Å²) in [6, 6.07) is 7.69. The van der Waals surface area contributed by atoms with Crippen LogP contribution in [0.5, 0.6) is 5.75 Å². The highest BCUT2D eigenvalue weighted by Gasteiger charge is 2.40. The minimum atomic E-state index is 0.0396. The van der Waals surface area contributed by atoms with Gasteiger partial charge < -0.3 is 10.1 Å². The van der Waals surface area contributed by atoms with Crippen LogP contribution in [0.2, 0.25) is 0 Å². The van der Waals surface area contributed by atoms with Crippen LogP contribution in [-0.2, 0) is 0 Å². The van der Waals surface area contributed by atoms with E-state index in [1.807, 2.05) is 24.3 Å². The fourth-order valence-electron chi connectivity index (χ4n) is 3.53. The highest BCUT2D eigenvalue weighted by molar-refractivity contribution is 5.94. The van der Waals surface area contributed by atoms with E-state index in [0.717, 1.165) is 18.1 Å². The third-order valence-electron chi connectivity index (χ3n) is 4.54. The molecule has 2 aliphatic rings. The van der Waals surface area contributed by atoms with Crippen molar-refractivity contribution < 1.29 is 9.53 Å². The van der Waals surface area contributed by atoms with Crippen molar-refractivity contribution in [1.29, 1.82) is 0 Å². The van der Waals surface area contributed by atoms with Gasteiger partial charge in [-0.2, -0.15) is 0 Å². The molecule has 0 aromatic heterocycles. The van der Waals surface area contributed by atoms with Crippen LogP contribution in [0.25, 0.3) is 0 Å². The van der Waals surface area contributed by atoms with E-state index >= 15 is 0 Å². The van der Waals surface area contributed by atoms with Gasteiger partial charge in [0, 0.05) is 11.6 Å². The number of hydrogen-bond donors (Lipinski definition) is 1. The minimum absolute atomic E-state index is 0.0396. The molecule has 0 heterocycles. The number of hydrogen-bond acceptors (Lipinski definition) is 2. The van der Waals surface area contributed by atoms with Crippen LogP contribution in [0.3, 0.4) is 0 Å². The van der Waals surface area contributed by atoms with Gasteiger partial charge in [0.05, 0.1) is 0 Å². The lowest BCUT2D eigenvalue weighted by atomic mass is 9.95. The Morgan fingerprint density at radius 2 is 2.10 bits per heavy atom. The molecule has 3 heteroatoms. The predicted molar refractivity (Wildman–Crippen MR) is 78.8 cm³/mol. The summed E-state index contributed by atoms with van der Waals surface area (Å²) in [4.78, 5) is 12.2. The van der Waals surface area contributed by atoms with Crippen LogP contribution in [0.15, 0.2) is 36.9 Å². The summed E-state index contributed by atoms with van der Waals surface area (Å²) in [5.74, 6) is 2.36. The van der Waals surface area contributed by atoms with Crippen LogP contribution in [-0.4, -0.2) is 18.6 Å². The van der Waals surface area contributed by atoms with E-state index in [1.54, 1.807) is 6.08 Å².